The summed E-state index contributed by atoms with van der Waals surface area (Å²) in [6, 6.07) is 12.0. The molecule has 0 unspecified atom stereocenters. The average molecular weight is 379 g/mol. The van der Waals surface area contributed by atoms with Gasteiger partial charge in [0.25, 0.3) is 0 Å². The minimum atomic E-state index is 0.0138. The van der Waals surface area contributed by atoms with E-state index in [-0.39, 0.29) is 5.91 Å². The fourth-order valence-electron chi connectivity index (χ4n) is 3.24. The zero-order valence-electron chi connectivity index (χ0n) is 15.1. The molecular formula is C21H22N4OS. The maximum absolute atomic E-state index is 12.2. The number of hydrogen-bond acceptors (Lipinski definition) is 5. The maximum atomic E-state index is 12.2. The zero-order valence-corrected chi connectivity index (χ0v) is 15.9. The van der Waals surface area contributed by atoms with Crippen molar-refractivity contribution in [2.45, 2.75) is 25.7 Å². The van der Waals surface area contributed by atoms with Crippen molar-refractivity contribution < 1.29 is 4.79 Å². The SMILES string of the molecule is O=C(CCc1csc(-c2cccnc2)n1)Nc1ccc(N2CCCC2)cc1. The van der Waals surface area contributed by atoms with E-state index in [0.717, 1.165) is 35.0 Å². The van der Waals surface area contributed by atoms with Gasteiger partial charge in [0, 0.05) is 54.2 Å². The fourth-order valence-corrected chi connectivity index (χ4v) is 4.08. The summed E-state index contributed by atoms with van der Waals surface area (Å²) in [5.74, 6) is 0.0138. The van der Waals surface area contributed by atoms with Gasteiger partial charge in [-0.05, 0) is 55.7 Å². The van der Waals surface area contributed by atoms with Gasteiger partial charge in [0.05, 0.1) is 5.69 Å². The van der Waals surface area contributed by atoms with Crippen LogP contribution in [0.3, 0.4) is 0 Å². The number of rotatable bonds is 6. The van der Waals surface area contributed by atoms with Crippen molar-refractivity contribution in [1.82, 2.24) is 9.97 Å². The summed E-state index contributed by atoms with van der Waals surface area (Å²) >= 11 is 1.58. The molecule has 1 fully saturated rings. The van der Waals surface area contributed by atoms with Gasteiger partial charge in [-0.15, -0.1) is 11.3 Å². The Balaban J connectivity index is 1.29. The van der Waals surface area contributed by atoms with Crippen molar-refractivity contribution in [2.24, 2.45) is 0 Å². The second-order valence-corrected chi connectivity index (χ2v) is 7.53. The van der Waals surface area contributed by atoms with Crippen molar-refractivity contribution in [2.75, 3.05) is 23.3 Å². The lowest BCUT2D eigenvalue weighted by atomic mass is 10.2. The number of nitrogens with one attached hydrogen (secondary N) is 1. The Bertz CT molecular complexity index is 886. The minimum absolute atomic E-state index is 0.0138. The number of thiazole rings is 1. The zero-order chi connectivity index (χ0) is 18.5. The third kappa shape index (κ3) is 4.52. The molecule has 1 N–H and O–H groups in total. The summed E-state index contributed by atoms with van der Waals surface area (Å²) in [6.07, 6.45) is 7.13. The maximum Gasteiger partial charge on any atom is 0.224 e. The van der Waals surface area contributed by atoms with E-state index in [2.05, 4.69) is 32.3 Å². The van der Waals surface area contributed by atoms with Crippen LogP contribution in [0.1, 0.15) is 25.0 Å². The van der Waals surface area contributed by atoms with Gasteiger partial charge in [-0.2, -0.15) is 0 Å². The summed E-state index contributed by atoms with van der Waals surface area (Å²) in [7, 11) is 0. The second kappa shape index (κ2) is 8.31. The topological polar surface area (TPSA) is 58.1 Å². The first kappa shape index (κ1) is 17.7. The molecular weight excluding hydrogens is 356 g/mol. The highest BCUT2D eigenvalue weighted by Crippen LogP contribution is 2.24. The first-order chi connectivity index (χ1) is 13.3. The highest BCUT2D eigenvalue weighted by Gasteiger charge is 2.12. The smallest absolute Gasteiger partial charge is 0.224 e. The van der Waals surface area contributed by atoms with Crippen molar-refractivity contribution >= 4 is 28.6 Å². The molecule has 3 aromatic rings. The molecule has 6 heteroatoms. The Labute approximate surface area is 163 Å². The molecule has 1 aromatic carbocycles. The first-order valence-corrected chi connectivity index (χ1v) is 10.2. The Hall–Kier alpha value is -2.73. The predicted molar refractivity (Wildman–Crippen MR) is 110 cm³/mol. The van der Waals surface area contributed by atoms with Gasteiger partial charge >= 0.3 is 0 Å². The van der Waals surface area contributed by atoms with Crippen LogP contribution in [0, 0.1) is 0 Å². The van der Waals surface area contributed by atoms with E-state index in [1.165, 1.54) is 18.5 Å². The van der Waals surface area contributed by atoms with Crippen LogP contribution in [-0.4, -0.2) is 29.0 Å². The van der Waals surface area contributed by atoms with Crippen LogP contribution in [-0.2, 0) is 11.2 Å². The summed E-state index contributed by atoms with van der Waals surface area (Å²) in [5, 5.41) is 5.93. The number of nitrogens with zero attached hydrogens (tertiary/aromatic N) is 3. The molecule has 27 heavy (non-hydrogen) atoms. The van der Waals surface area contributed by atoms with Gasteiger partial charge in [0.2, 0.25) is 5.91 Å². The van der Waals surface area contributed by atoms with Crippen LogP contribution in [0.25, 0.3) is 10.6 Å². The van der Waals surface area contributed by atoms with Gasteiger partial charge in [-0.1, -0.05) is 0 Å². The molecule has 3 heterocycles. The number of anilines is 2. The molecule has 1 aliphatic heterocycles. The molecule has 5 nitrogen and oxygen atoms in total. The molecule has 0 spiro atoms. The van der Waals surface area contributed by atoms with E-state index in [9.17, 15) is 4.79 Å². The molecule has 138 valence electrons. The monoisotopic (exact) mass is 378 g/mol. The molecule has 0 saturated carbocycles. The van der Waals surface area contributed by atoms with Gasteiger partial charge < -0.3 is 10.2 Å². The minimum Gasteiger partial charge on any atom is -0.372 e. The number of pyridine rings is 1. The predicted octanol–water partition coefficient (Wildman–Crippen LogP) is 4.38. The van der Waals surface area contributed by atoms with E-state index in [1.54, 1.807) is 23.7 Å². The number of benzene rings is 1. The number of aryl methyl sites for hydroxylation is 1. The normalized spacial score (nSPS) is 13.7. The van der Waals surface area contributed by atoms with Crippen LogP contribution < -0.4 is 10.2 Å². The van der Waals surface area contributed by atoms with Crippen LogP contribution in [0.4, 0.5) is 11.4 Å². The Morgan fingerprint density at radius 2 is 1.96 bits per heavy atom. The Morgan fingerprint density at radius 1 is 1.15 bits per heavy atom. The van der Waals surface area contributed by atoms with Crippen molar-refractivity contribution in [3.05, 3.63) is 59.9 Å². The number of carbonyl (C=O) groups is 1. The van der Waals surface area contributed by atoms with Crippen molar-refractivity contribution in [3.63, 3.8) is 0 Å². The molecule has 4 rings (SSSR count). The third-order valence-electron chi connectivity index (χ3n) is 4.69. The van der Waals surface area contributed by atoms with Crippen LogP contribution in [0.2, 0.25) is 0 Å². The van der Waals surface area contributed by atoms with Crippen LogP contribution in [0.5, 0.6) is 0 Å². The standard InChI is InChI=1S/C21H22N4OS/c26-20(23-17-5-8-19(9-6-17)25-12-1-2-13-25)10-7-18-15-27-21(24-18)16-4-3-11-22-14-16/h3-6,8-9,11,14-15H,1-2,7,10,12-13H2,(H,23,26). The Morgan fingerprint density at radius 3 is 2.70 bits per heavy atom. The molecule has 1 saturated heterocycles. The summed E-state index contributed by atoms with van der Waals surface area (Å²) in [6.45, 7) is 2.25. The van der Waals surface area contributed by atoms with E-state index in [0.29, 0.717) is 12.8 Å². The van der Waals surface area contributed by atoms with E-state index in [1.807, 2.05) is 29.6 Å². The van der Waals surface area contributed by atoms with Crippen LogP contribution in [0.15, 0.2) is 54.2 Å². The van der Waals surface area contributed by atoms with E-state index >= 15 is 0 Å². The molecule has 2 aromatic heterocycles. The average Bonchev–Trinajstić information content (AvgIpc) is 3.40. The van der Waals surface area contributed by atoms with Gasteiger partial charge in [0.15, 0.2) is 0 Å². The molecule has 0 bridgehead atoms. The molecule has 0 radical (unpaired) electrons. The van der Waals surface area contributed by atoms with Gasteiger partial charge in [-0.3, -0.25) is 9.78 Å². The largest absolute Gasteiger partial charge is 0.372 e. The molecule has 1 aliphatic rings. The van der Waals surface area contributed by atoms with Crippen LogP contribution >= 0.6 is 11.3 Å². The van der Waals surface area contributed by atoms with Crippen molar-refractivity contribution in [1.29, 1.82) is 0 Å². The number of hydrogen-bond donors (Lipinski definition) is 1. The third-order valence-corrected chi connectivity index (χ3v) is 5.63. The Kier molecular flexibility index (Phi) is 5.44. The van der Waals surface area contributed by atoms with Gasteiger partial charge in [0.1, 0.15) is 5.01 Å². The van der Waals surface area contributed by atoms with E-state index < -0.39 is 0 Å². The molecule has 0 aliphatic carbocycles. The number of carbonyl (C=O) groups excluding carboxylic acids is 1. The van der Waals surface area contributed by atoms with Gasteiger partial charge in [-0.25, -0.2) is 4.98 Å². The fraction of sp³-hybridized carbons (Fsp3) is 0.286. The highest BCUT2D eigenvalue weighted by molar-refractivity contribution is 7.13. The lowest BCUT2D eigenvalue weighted by Crippen LogP contribution is -2.17. The lowest BCUT2D eigenvalue weighted by molar-refractivity contribution is -0.116. The second-order valence-electron chi connectivity index (χ2n) is 6.67. The summed E-state index contributed by atoms with van der Waals surface area (Å²) in [5.41, 5.74) is 4.03. The van der Waals surface area contributed by atoms with E-state index in [4.69, 9.17) is 0 Å². The first-order valence-electron chi connectivity index (χ1n) is 9.27. The summed E-state index contributed by atoms with van der Waals surface area (Å²) in [4.78, 5) is 23.4. The lowest BCUT2D eigenvalue weighted by Gasteiger charge is -2.17. The van der Waals surface area contributed by atoms with Crippen molar-refractivity contribution in [3.8, 4) is 10.6 Å². The highest BCUT2D eigenvalue weighted by atomic mass is 32.1. The summed E-state index contributed by atoms with van der Waals surface area (Å²) < 4.78 is 0. The number of aromatic nitrogens is 2. The molecule has 1 amide bonds. The quantitative estimate of drug-likeness (QED) is 0.692. The number of amides is 1. The molecule has 0 atom stereocenters.